The number of carbonyl (C=O) groups is 2. The Morgan fingerprint density at radius 2 is 2.45 bits per heavy atom. The Bertz CT molecular complexity index is 236. The number of hydrogen-bond acceptors (Lipinski definition) is 3. The zero-order valence-corrected chi connectivity index (χ0v) is 6.26. The summed E-state index contributed by atoms with van der Waals surface area (Å²) in [6.07, 6.45) is 0.168. The molecule has 1 unspecified atom stereocenters. The fourth-order valence-corrected chi connectivity index (χ4v) is 0.951. The molecule has 4 nitrogen and oxygen atoms in total. The molecule has 0 fully saturated rings. The fourth-order valence-electron chi connectivity index (χ4n) is 0.819. The van der Waals surface area contributed by atoms with E-state index in [1.165, 1.54) is 0 Å². The smallest absolute Gasteiger partial charge is 0.248 e. The van der Waals surface area contributed by atoms with Gasteiger partial charge in [0.2, 0.25) is 11.1 Å². The van der Waals surface area contributed by atoms with Crippen LogP contribution in [0.1, 0.15) is 6.42 Å². The molecule has 0 aromatic carbocycles. The quantitative estimate of drug-likeness (QED) is 0.529. The molecule has 0 saturated carbocycles. The lowest BCUT2D eigenvalue weighted by molar-refractivity contribution is -0.121. The van der Waals surface area contributed by atoms with Crippen molar-refractivity contribution in [2.75, 3.05) is 0 Å². The topological polar surface area (TPSA) is 66.4 Å². The number of nitrogens with one attached hydrogen (secondary N) is 1. The SMILES string of the molecule is O=C1C=C(C(=O)Cl)CC(O)N1. The van der Waals surface area contributed by atoms with Crippen LogP contribution in [-0.4, -0.2) is 22.5 Å². The third kappa shape index (κ3) is 2.03. The number of amides is 1. The minimum absolute atomic E-state index is 0.0775. The van der Waals surface area contributed by atoms with E-state index in [0.717, 1.165) is 6.08 Å². The van der Waals surface area contributed by atoms with Crippen LogP contribution in [0.3, 0.4) is 0 Å². The van der Waals surface area contributed by atoms with Gasteiger partial charge in [-0.05, 0) is 11.6 Å². The molecule has 0 radical (unpaired) electrons. The lowest BCUT2D eigenvalue weighted by Crippen LogP contribution is -2.38. The molecule has 60 valence electrons. The van der Waals surface area contributed by atoms with Crippen LogP contribution in [0.25, 0.3) is 0 Å². The van der Waals surface area contributed by atoms with Gasteiger partial charge < -0.3 is 10.4 Å². The summed E-state index contributed by atoms with van der Waals surface area (Å²) in [6.45, 7) is 0. The van der Waals surface area contributed by atoms with Gasteiger partial charge in [-0.2, -0.15) is 0 Å². The summed E-state index contributed by atoms with van der Waals surface area (Å²) in [5.41, 5.74) is 0.142. The molecule has 11 heavy (non-hydrogen) atoms. The van der Waals surface area contributed by atoms with E-state index < -0.39 is 17.4 Å². The highest BCUT2D eigenvalue weighted by molar-refractivity contribution is 6.67. The Kier molecular flexibility index (Phi) is 2.26. The Hall–Kier alpha value is -0.870. The predicted octanol–water partition coefficient (Wildman–Crippen LogP) is -0.484. The Morgan fingerprint density at radius 1 is 1.82 bits per heavy atom. The molecule has 0 saturated heterocycles. The van der Waals surface area contributed by atoms with Crippen molar-refractivity contribution in [2.24, 2.45) is 0 Å². The van der Waals surface area contributed by atoms with E-state index >= 15 is 0 Å². The van der Waals surface area contributed by atoms with Crippen molar-refractivity contribution in [3.8, 4) is 0 Å². The molecular weight excluding hydrogens is 170 g/mol. The predicted molar refractivity (Wildman–Crippen MR) is 37.7 cm³/mol. The zero-order chi connectivity index (χ0) is 8.43. The van der Waals surface area contributed by atoms with Gasteiger partial charge in [0.05, 0.1) is 0 Å². The molecule has 0 aliphatic carbocycles. The normalized spacial score (nSPS) is 24.0. The molecule has 1 aliphatic heterocycles. The second-order valence-corrected chi connectivity index (χ2v) is 2.52. The first-order valence-electron chi connectivity index (χ1n) is 2.98. The third-order valence-electron chi connectivity index (χ3n) is 1.28. The standard InChI is InChI=1S/C6H6ClNO3/c7-6(11)3-1-4(9)8-5(10)2-3/h1,5,10H,2H2,(H,8,9). The van der Waals surface area contributed by atoms with Crippen molar-refractivity contribution in [1.29, 1.82) is 0 Å². The van der Waals surface area contributed by atoms with E-state index in [1.54, 1.807) is 0 Å². The molecule has 1 aliphatic rings. The Morgan fingerprint density at radius 3 is 2.91 bits per heavy atom. The summed E-state index contributed by atoms with van der Waals surface area (Å²) < 4.78 is 0. The summed E-state index contributed by atoms with van der Waals surface area (Å²) in [4.78, 5) is 21.1. The van der Waals surface area contributed by atoms with Crippen LogP contribution in [-0.2, 0) is 9.59 Å². The number of carbonyl (C=O) groups excluding carboxylic acids is 2. The maximum Gasteiger partial charge on any atom is 0.248 e. The van der Waals surface area contributed by atoms with Gasteiger partial charge >= 0.3 is 0 Å². The number of rotatable bonds is 1. The van der Waals surface area contributed by atoms with E-state index in [4.69, 9.17) is 16.7 Å². The van der Waals surface area contributed by atoms with Crippen LogP contribution in [0, 0.1) is 0 Å². The number of aliphatic hydroxyl groups excluding tert-OH is 1. The summed E-state index contributed by atoms with van der Waals surface area (Å²) in [5, 5.41) is 10.4. The number of halogens is 1. The fraction of sp³-hybridized carbons (Fsp3) is 0.333. The van der Waals surface area contributed by atoms with Crippen LogP contribution in [0.5, 0.6) is 0 Å². The van der Waals surface area contributed by atoms with E-state index in [0.29, 0.717) is 0 Å². The average molecular weight is 176 g/mol. The molecule has 0 aromatic rings. The molecule has 1 atom stereocenters. The highest BCUT2D eigenvalue weighted by atomic mass is 35.5. The monoisotopic (exact) mass is 175 g/mol. The van der Waals surface area contributed by atoms with Crippen molar-refractivity contribution in [1.82, 2.24) is 5.32 Å². The lowest BCUT2D eigenvalue weighted by atomic mass is 10.1. The van der Waals surface area contributed by atoms with Gasteiger partial charge in [-0.25, -0.2) is 0 Å². The van der Waals surface area contributed by atoms with Gasteiger partial charge in [-0.3, -0.25) is 9.59 Å². The second kappa shape index (κ2) is 3.02. The molecule has 0 bridgehead atoms. The maximum atomic E-state index is 10.6. The summed E-state index contributed by atoms with van der Waals surface area (Å²) >= 11 is 5.09. The van der Waals surface area contributed by atoms with Crippen LogP contribution >= 0.6 is 11.6 Å². The van der Waals surface area contributed by atoms with Crippen LogP contribution < -0.4 is 5.32 Å². The van der Waals surface area contributed by atoms with Gasteiger partial charge in [0.25, 0.3) is 0 Å². The van der Waals surface area contributed by atoms with Gasteiger partial charge in [0, 0.05) is 18.1 Å². The van der Waals surface area contributed by atoms with Crippen molar-refractivity contribution in [3.05, 3.63) is 11.6 Å². The Labute approximate surface area is 67.8 Å². The van der Waals surface area contributed by atoms with Gasteiger partial charge in [0.1, 0.15) is 6.23 Å². The van der Waals surface area contributed by atoms with E-state index in [9.17, 15) is 9.59 Å². The van der Waals surface area contributed by atoms with Crippen molar-refractivity contribution in [3.63, 3.8) is 0 Å². The average Bonchev–Trinajstić information content (AvgIpc) is 1.85. The summed E-state index contributed by atoms with van der Waals surface area (Å²) in [6, 6.07) is 0. The van der Waals surface area contributed by atoms with Crippen molar-refractivity contribution >= 4 is 22.8 Å². The first-order valence-corrected chi connectivity index (χ1v) is 3.36. The van der Waals surface area contributed by atoms with Crippen LogP contribution in [0.15, 0.2) is 11.6 Å². The molecule has 0 aromatic heterocycles. The van der Waals surface area contributed by atoms with Crippen molar-refractivity contribution in [2.45, 2.75) is 12.6 Å². The first-order chi connectivity index (χ1) is 5.09. The number of hydrogen-bond donors (Lipinski definition) is 2. The highest BCUT2D eigenvalue weighted by Crippen LogP contribution is 2.11. The number of aliphatic hydroxyl groups is 1. The largest absolute Gasteiger partial charge is 0.373 e. The minimum atomic E-state index is -0.995. The molecular formula is C6H6ClNO3. The molecule has 1 heterocycles. The van der Waals surface area contributed by atoms with E-state index in [2.05, 4.69) is 5.32 Å². The third-order valence-corrected chi connectivity index (χ3v) is 1.52. The molecule has 2 N–H and O–H groups in total. The van der Waals surface area contributed by atoms with Gasteiger partial charge in [0.15, 0.2) is 0 Å². The van der Waals surface area contributed by atoms with Gasteiger partial charge in [-0.15, -0.1) is 0 Å². The van der Waals surface area contributed by atoms with E-state index in [1.807, 2.05) is 0 Å². The summed E-state index contributed by atoms with van der Waals surface area (Å²) in [7, 11) is 0. The molecule has 1 amide bonds. The molecule has 5 heteroatoms. The van der Waals surface area contributed by atoms with Crippen LogP contribution in [0.4, 0.5) is 0 Å². The van der Waals surface area contributed by atoms with E-state index in [-0.39, 0.29) is 12.0 Å². The zero-order valence-electron chi connectivity index (χ0n) is 5.50. The molecule has 1 rings (SSSR count). The minimum Gasteiger partial charge on any atom is -0.373 e. The lowest BCUT2D eigenvalue weighted by Gasteiger charge is -2.16. The van der Waals surface area contributed by atoms with Gasteiger partial charge in [-0.1, -0.05) is 0 Å². The first kappa shape index (κ1) is 8.23. The molecule has 0 spiro atoms. The highest BCUT2D eigenvalue weighted by Gasteiger charge is 2.20. The summed E-state index contributed by atoms with van der Waals surface area (Å²) in [5.74, 6) is -0.493. The Balaban J connectivity index is 2.80. The van der Waals surface area contributed by atoms with Crippen LogP contribution in [0.2, 0.25) is 0 Å². The van der Waals surface area contributed by atoms with Crippen molar-refractivity contribution < 1.29 is 14.7 Å². The second-order valence-electron chi connectivity index (χ2n) is 2.17. The maximum absolute atomic E-state index is 10.6.